The second-order valence-corrected chi connectivity index (χ2v) is 22.9. The first-order valence-corrected chi connectivity index (χ1v) is 24.3. The number of hydrogen-bond acceptors (Lipinski definition) is 15. The van der Waals surface area contributed by atoms with Crippen molar-refractivity contribution in [1.29, 1.82) is 0 Å². The maximum Gasteiger partial charge on any atom is 0.312 e. The molecule has 0 bridgehead atoms. The fourth-order valence-electron chi connectivity index (χ4n) is 7.82. The lowest BCUT2D eigenvalue weighted by Crippen LogP contribution is -2.30. The fourth-order valence-corrected chi connectivity index (χ4v) is 7.82. The summed E-state index contributed by atoms with van der Waals surface area (Å²) in [6.45, 7) is 18.9. The van der Waals surface area contributed by atoms with E-state index in [4.69, 9.17) is 32.3 Å². The van der Waals surface area contributed by atoms with Crippen molar-refractivity contribution in [2.24, 2.45) is 10.8 Å². The average molecular weight is 1030 g/mol. The molecule has 0 amide bonds. The highest BCUT2D eigenvalue weighted by Gasteiger charge is 2.50. The van der Waals surface area contributed by atoms with Crippen LogP contribution in [0.2, 0.25) is 0 Å². The zero-order chi connectivity index (χ0) is 54.1. The van der Waals surface area contributed by atoms with Gasteiger partial charge in [-0.05, 0) is 84.6 Å². The minimum absolute atomic E-state index is 0.0134. The van der Waals surface area contributed by atoms with Crippen molar-refractivity contribution in [1.82, 2.24) is 20.6 Å². The standard InChI is InChI=1S/C30H36F2N2O6.C23H30F2N2O6/c1-28(2,3)30(31,32)22-16-21(33-39-22)27-25(19-12-13-19)26(34-40-27)20(15-24(36)38-29(4,5)6)14-23(35)37-17-18-10-8-7-9-11-18;1-21(2,3)23(24,25)15-11-14(26-32-15)20-18(12-7-8-12)19(27-33-20)13(9-16(28)29)10-17(30)31-22(4,5)6/h7-11,16,19-20H,12-15,17H2,1-6H3;11-13H,7-10H2,1-6H3,(H,28,29)/t20-;13-/m11/s1. The van der Waals surface area contributed by atoms with Crippen molar-refractivity contribution in [3.63, 3.8) is 0 Å². The molecule has 398 valence electrons. The molecule has 0 radical (unpaired) electrons. The molecule has 4 heterocycles. The molecule has 0 aliphatic heterocycles. The van der Waals surface area contributed by atoms with Crippen molar-refractivity contribution in [3.05, 3.63) is 82.1 Å². The summed E-state index contributed by atoms with van der Waals surface area (Å²) >= 11 is 0. The summed E-state index contributed by atoms with van der Waals surface area (Å²) in [7, 11) is 0. The Morgan fingerprint density at radius 2 is 0.959 bits per heavy atom. The Bertz CT molecular complexity index is 2720. The first-order valence-electron chi connectivity index (χ1n) is 24.3. The van der Waals surface area contributed by atoms with Crippen LogP contribution in [0.25, 0.3) is 22.9 Å². The van der Waals surface area contributed by atoms with E-state index in [-0.39, 0.29) is 67.0 Å². The highest BCUT2D eigenvalue weighted by atomic mass is 19.3. The van der Waals surface area contributed by atoms with Gasteiger partial charge in [0.25, 0.3) is 0 Å². The van der Waals surface area contributed by atoms with Crippen molar-refractivity contribution in [2.75, 3.05) is 0 Å². The molecule has 20 heteroatoms. The molecule has 2 aliphatic carbocycles. The number of carboxylic acid groups (broad SMARTS) is 1. The number of rotatable bonds is 18. The summed E-state index contributed by atoms with van der Waals surface area (Å²) in [6, 6.07) is 11.5. The number of alkyl halides is 4. The Balaban J connectivity index is 0.000000243. The Hall–Kier alpha value is -6.34. The van der Waals surface area contributed by atoms with E-state index in [1.807, 2.05) is 30.3 Å². The van der Waals surface area contributed by atoms with Crippen LogP contribution in [0.15, 0.2) is 60.6 Å². The molecule has 0 saturated heterocycles. The smallest absolute Gasteiger partial charge is 0.312 e. The Labute approximate surface area is 421 Å². The molecule has 2 atom stereocenters. The molecule has 5 aromatic rings. The number of ether oxygens (including phenoxy) is 3. The van der Waals surface area contributed by atoms with Gasteiger partial charge in [0.05, 0.1) is 37.1 Å². The van der Waals surface area contributed by atoms with Crippen molar-refractivity contribution < 1.29 is 74.1 Å². The number of aliphatic carboxylic acids is 1. The number of aromatic nitrogens is 4. The van der Waals surface area contributed by atoms with Gasteiger partial charge in [-0.2, -0.15) is 17.6 Å². The van der Waals surface area contributed by atoms with Gasteiger partial charge in [0, 0.05) is 45.9 Å². The van der Waals surface area contributed by atoms with E-state index in [9.17, 15) is 41.8 Å². The lowest BCUT2D eigenvalue weighted by atomic mass is 9.86. The van der Waals surface area contributed by atoms with E-state index in [1.165, 1.54) is 47.6 Å². The van der Waals surface area contributed by atoms with Crippen LogP contribution in [-0.2, 0) is 51.8 Å². The van der Waals surface area contributed by atoms with Crippen LogP contribution >= 0.6 is 0 Å². The van der Waals surface area contributed by atoms with Gasteiger partial charge in [-0.15, -0.1) is 0 Å². The molecule has 1 aromatic carbocycles. The summed E-state index contributed by atoms with van der Waals surface area (Å²) in [5.41, 5.74) is -1.33. The number of benzene rings is 1. The van der Waals surface area contributed by atoms with Crippen LogP contribution in [0.4, 0.5) is 17.6 Å². The molecule has 4 aromatic heterocycles. The molecule has 0 spiro atoms. The molecule has 7 rings (SSSR count). The van der Waals surface area contributed by atoms with E-state index in [0.717, 1.165) is 37.3 Å². The van der Waals surface area contributed by atoms with Crippen molar-refractivity contribution >= 4 is 23.9 Å². The topological polar surface area (TPSA) is 220 Å². The highest BCUT2D eigenvalue weighted by Crippen LogP contribution is 2.52. The first-order chi connectivity index (χ1) is 33.8. The van der Waals surface area contributed by atoms with E-state index in [2.05, 4.69) is 20.6 Å². The lowest BCUT2D eigenvalue weighted by molar-refractivity contribution is -0.157. The van der Waals surface area contributed by atoms with Gasteiger partial charge in [0.2, 0.25) is 11.5 Å². The number of carbonyl (C=O) groups excluding carboxylic acids is 3. The Kier molecular flexibility index (Phi) is 16.3. The minimum atomic E-state index is -3.28. The van der Waals surface area contributed by atoms with Crippen LogP contribution in [0.1, 0.15) is 198 Å². The second kappa shape index (κ2) is 21.2. The van der Waals surface area contributed by atoms with E-state index < -0.39 is 81.1 Å². The van der Waals surface area contributed by atoms with Crippen LogP contribution in [-0.4, -0.2) is 60.8 Å². The number of hydrogen-bond donors (Lipinski definition) is 1. The predicted octanol–water partition coefficient (Wildman–Crippen LogP) is 12.9. The molecule has 2 aliphatic rings. The predicted molar refractivity (Wildman–Crippen MR) is 254 cm³/mol. The zero-order valence-electron chi connectivity index (χ0n) is 43.5. The van der Waals surface area contributed by atoms with Crippen LogP contribution in [0, 0.1) is 10.8 Å². The van der Waals surface area contributed by atoms with Gasteiger partial charge in [-0.3, -0.25) is 19.2 Å². The van der Waals surface area contributed by atoms with Gasteiger partial charge in [-0.1, -0.05) is 92.5 Å². The molecule has 2 saturated carbocycles. The second-order valence-electron chi connectivity index (χ2n) is 22.9. The highest BCUT2D eigenvalue weighted by molar-refractivity contribution is 5.76. The quantitative estimate of drug-likeness (QED) is 0.0490. The SMILES string of the molecule is CC(C)(C)OC(=O)C[C@@H](CC(=O)O)c1noc(-c2cc(C(F)(F)C(C)(C)C)on2)c1C1CC1.CC(C)(C)OC(=O)C[C@@H](CC(=O)OCc1ccccc1)c1noc(-c2cc(C(F)(F)C(C)(C)C)on2)c1C1CC1. The zero-order valence-corrected chi connectivity index (χ0v) is 43.5. The summed E-state index contributed by atoms with van der Waals surface area (Å²) in [4.78, 5) is 49.7. The van der Waals surface area contributed by atoms with Gasteiger partial charge >= 0.3 is 35.7 Å². The third kappa shape index (κ3) is 14.2. The lowest BCUT2D eigenvalue weighted by Gasteiger charge is -2.27. The molecule has 1 N–H and O–H groups in total. The molecular weight excluding hydrogens is 961 g/mol. The average Bonchev–Trinajstić information content (AvgIpc) is 4.01. The molecule has 0 unspecified atom stereocenters. The monoisotopic (exact) mass is 1030 g/mol. The molecule has 2 fully saturated rings. The number of carbonyl (C=O) groups is 4. The molecule has 16 nitrogen and oxygen atoms in total. The van der Waals surface area contributed by atoms with Gasteiger partial charge in [0.1, 0.15) is 17.8 Å². The molecular formula is C53H66F4N4O12. The first kappa shape index (κ1) is 56.0. The van der Waals surface area contributed by atoms with E-state index in [1.54, 1.807) is 41.5 Å². The number of nitrogens with zero attached hydrogens (tertiary/aromatic N) is 4. The van der Waals surface area contributed by atoms with Gasteiger partial charge < -0.3 is 37.4 Å². The largest absolute Gasteiger partial charge is 0.481 e. The normalized spacial score (nSPS) is 15.5. The van der Waals surface area contributed by atoms with Gasteiger partial charge in [-0.25, -0.2) is 0 Å². The summed E-state index contributed by atoms with van der Waals surface area (Å²) in [5.74, 6) is -11.5. The summed E-state index contributed by atoms with van der Waals surface area (Å²) in [6.07, 6.45) is 2.38. The Morgan fingerprint density at radius 3 is 1.32 bits per heavy atom. The summed E-state index contributed by atoms with van der Waals surface area (Å²) in [5, 5.41) is 25.4. The van der Waals surface area contributed by atoms with E-state index in [0.29, 0.717) is 22.5 Å². The van der Waals surface area contributed by atoms with E-state index >= 15 is 0 Å². The maximum atomic E-state index is 14.9. The number of halogens is 4. The minimum Gasteiger partial charge on any atom is -0.481 e. The van der Waals surface area contributed by atoms with Crippen molar-refractivity contribution in [3.8, 4) is 22.9 Å². The van der Waals surface area contributed by atoms with Crippen LogP contribution in [0.5, 0.6) is 0 Å². The fraction of sp³-hybridized carbons (Fsp3) is 0.585. The number of esters is 3. The number of carboxylic acids is 1. The van der Waals surface area contributed by atoms with Gasteiger partial charge in [0.15, 0.2) is 22.9 Å². The van der Waals surface area contributed by atoms with Crippen LogP contribution < -0.4 is 0 Å². The maximum absolute atomic E-state index is 14.9. The van der Waals surface area contributed by atoms with Crippen LogP contribution in [0.3, 0.4) is 0 Å². The Morgan fingerprint density at radius 1 is 0.575 bits per heavy atom. The van der Waals surface area contributed by atoms with Crippen molar-refractivity contribution in [2.45, 2.75) is 188 Å². The summed E-state index contributed by atoms with van der Waals surface area (Å²) < 4.78 is 96.8. The molecule has 73 heavy (non-hydrogen) atoms. The third-order valence-electron chi connectivity index (χ3n) is 12.0. The third-order valence-corrected chi connectivity index (χ3v) is 12.0.